The Morgan fingerprint density at radius 2 is 1.95 bits per heavy atom. The zero-order valence-corrected chi connectivity index (χ0v) is 12.8. The lowest BCUT2D eigenvalue weighted by atomic mass is 9.90. The maximum atomic E-state index is 4.78. The normalized spacial score (nSPS) is 18.1. The fraction of sp³-hybridized carbons (Fsp3) is 0.562. The summed E-state index contributed by atoms with van der Waals surface area (Å²) in [6.45, 7) is 9.01. The molecule has 0 radical (unpaired) electrons. The summed E-state index contributed by atoms with van der Waals surface area (Å²) in [5.74, 6) is 0.728. The van der Waals surface area contributed by atoms with Gasteiger partial charge in [0.25, 0.3) is 0 Å². The fourth-order valence-corrected chi connectivity index (χ4v) is 3.74. The van der Waals surface area contributed by atoms with Gasteiger partial charge in [-0.05, 0) is 49.5 Å². The number of nitrogens with zero attached hydrogens (tertiary/aromatic N) is 1. The van der Waals surface area contributed by atoms with E-state index in [1.165, 1.54) is 28.1 Å². The van der Waals surface area contributed by atoms with Crippen LogP contribution in [-0.4, -0.2) is 18.1 Å². The molecule has 2 nitrogen and oxygen atoms in total. The lowest BCUT2D eigenvalue weighted by molar-refractivity contribution is 0.461. The number of benzene rings is 1. The number of aromatic nitrogens is 1. The molecule has 0 saturated carbocycles. The SMILES string of the molecule is CC(C)(C)c1nc2ccc(C3CCNCC3)cc2s1. The second-order valence-corrected chi connectivity index (χ2v) is 7.55. The van der Waals surface area contributed by atoms with Crippen LogP contribution in [0.15, 0.2) is 18.2 Å². The summed E-state index contributed by atoms with van der Waals surface area (Å²) in [6.07, 6.45) is 2.52. The van der Waals surface area contributed by atoms with Crippen molar-refractivity contribution in [3.8, 4) is 0 Å². The maximum Gasteiger partial charge on any atom is 0.0992 e. The lowest BCUT2D eigenvalue weighted by Crippen LogP contribution is -2.26. The third kappa shape index (κ3) is 2.67. The third-order valence-corrected chi connectivity index (χ3v) is 5.31. The summed E-state index contributed by atoms with van der Waals surface area (Å²) in [5.41, 5.74) is 2.81. The van der Waals surface area contributed by atoms with Crippen molar-refractivity contribution in [2.24, 2.45) is 0 Å². The standard InChI is InChI=1S/C16H22N2S/c1-16(2,3)15-18-13-5-4-12(10-14(13)19-15)11-6-8-17-9-7-11/h4-5,10-11,17H,6-9H2,1-3H3. The quantitative estimate of drug-likeness (QED) is 0.848. The molecule has 102 valence electrons. The molecule has 0 amide bonds. The number of nitrogens with one attached hydrogen (secondary N) is 1. The van der Waals surface area contributed by atoms with Gasteiger partial charge >= 0.3 is 0 Å². The van der Waals surface area contributed by atoms with Crippen LogP contribution in [0.4, 0.5) is 0 Å². The number of piperidine rings is 1. The van der Waals surface area contributed by atoms with Gasteiger partial charge in [0.15, 0.2) is 0 Å². The van der Waals surface area contributed by atoms with E-state index in [0.717, 1.165) is 24.5 Å². The smallest absolute Gasteiger partial charge is 0.0992 e. The zero-order chi connectivity index (χ0) is 13.5. The first-order valence-corrected chi connectivity index (χ1v) is 7.97. The van der Waals surface area contributed by atoms with Gasteiger partial charge in [0, 0.05) is 5.41 Å². The van der Waals surface area contributed by atoms with Gasteiger partial charge in [-0.15, -0.1) is 11.3 Å². The van der Waals surface area contributed by atoms with Crippen molar-refractivity contribution in [1.82, 2.24) is 10.3 Å². The second kappa shape index (κ2) is 4.88. The highest BCUT2D eigenvalue weighted by atomic mass is 32.1. The predicted octanol–water partition coefficient (Wildman–Crippen LogP) is 4.06. The largest absolute Gasteiger partial charge is 0.317 e. The first-order valence-electron chi connectivity index (χ1n) is 7.16. The van der Waals surface area contributed by atoms with Crippen molar-refractivity contribution in [2.75, 3.05) is 13.1 Å². The summed E-state index contributed by atoms with van der Waals surface area (Å²) < 4.78 is 1.35. The van der Waals surface area contributed by atoms with Gasteiger partial charge in [-0.25, -0.2) is 4.98 Å². The summed E-state index contributed by atoms with van der Waals surface area (Å²) in [4.78, 5) is 4.78. The van der Waals surface area contributed by atoms with E-state index in [1.807, 2.05) is 11.3 Å². The van der Waals surface area contributed by atoms with E-state index in [9.17, 15) is 0 Å². The molecule has 2 aromatic rings. The number of hydrogen-bond acceptors (Lipinski definition) is 3. The monoisotopic (exact) mass is 274 g/mol. The van der Waals surface area contributed by atoms with E-state index < -0.39 is 0 Å². The van der Waals surface area contributed by atoms with E-state index in [0.29, 0.717) is 0 Å². The highest BCUT2D eigenvalue weighted by Gasteiger charge is 2.20. The van der Waals surface area contributed by atoms with Gasteiger partial charge in [0.2, 0.25) is 0 Å². The number of rotatable bonds is 1. The molecule has 1 aliphatic heterocycles. The molecule has 0 atom stereocenters. The van der Waals surface area contributed by atoms with Gasteiger partial charge in [0.1, 0.15) is 0 Å². The van der Waals surface area contributed by atoms with Crippen LogP contribution in [0.3, 0.4) is 0 Å². The third-order valence-electron chi connectivity index (χ3n) is 3.86. The van der Waals surface area contributed by atoms with Crippen molar-refractivity contribution in [2.45, 2.75) is 44.9 Å². The van der Waals surface area contributed by atoms with Crippen molar-refractivity contribution < 1.29 is 0 Å². The summed E-state index contributed by atoms with van der Waals surface area (Å²) in [6, 6.07) is 6.86. The topological polar surface area (TPSA) is 24.9 Å². The Bertz CT molecular complexity index is 574. The second-order valence-electron chi connectivity index (χ2n) is 6.52. The maximum absolute atomic E-state index is 4.78. The van der Waals surface area contributed by atoms with Gasteiger partial charge < -0.3 is 5.32 Å². The Kier molecular flexibility index (Phi) is 3.35. The molecule has 0 bridgehead atoms. The minimum atomic E-state index is 0.151. The molecule has 0 spiro atoms. The van der Waals surface area contributed by atoms with Crippen molar-refractivity contribution in [3.05, 3.63) is 28.8 Å². The molecular weight excluding hydrogens is 252 g/mol. The lowest BCUT2D eigenvalue weighted by Gasteiger charge is -2.22. The molecular formula is C16H22N2S. The number of thiazole rings is 1. The molecule has 1 fully saturated rings. The number of fused-ring (bicyclic) bond motifs is 1. The average molecular weight is 274 g/mol. The van der Waals surface area contributed by atoms with Crippen LogP contribution in [0.5, 0.6) is 0 Å². The van der Waals surface area contributed by atoms with E-state index in [4.69, 9.17) is 4.98 Å². The molecule has 1 aromatic carbocycles. The van der Waals surface area contributed by atoms with Crippen LogP contribution in [0.2, 0.25) is 0 Å². The molecule has 3 rings (SSSR count). The highest BCUT2D eigenvalue weighted by Crippen LogP contribution is 2.34. The van der Waals surface area contributed by atoms with Gasteiger partial charge in [-0.2, -0.15) is 0 Å². The Morgan fingerprint density at radius 3 is 2.63 bits per heavy atom. The summed E-state index contributed by atoms with van der Waals surface area (Å²) in [7, 11) is 0. The van der Waals surface area contributed by atoms with Crippen LogP contribution in [0.1, 0.15) is 50.1 Å². The Hall–Kier alpha value is -0.930. The highest BCUT2D eigenvalue weighted by molar-refractivity contribution is 7.18. The predicted molar refractivity (Wildman–Crippen MR) is 83.2 cm³/mol. The molecule has 1 aliphatic rings. The average Bonchev–Trinajstić information content (AvgIpc) is 2.82. The molecule has 0 unspecified atom stereocenters. The summed E-state index contributed by atoms with van der Waals surface area (Å²) >= 11 is 1.86. The van der Waals surface area contributed by atoms with Crippen LogP contribution in [-0.2, 0) is 5.41 Å². The fourth-order valence-electron chi connectivity index (χ4n) is 2.67. The van der Waals surface area contributed by atoms with Crippen molar-refractivity contribution in [1.29, 1.82) is 0 Å². The van der Waals surface area contributed by atoms with E-state index >= 15 is 0 Å². The Labute approximate surface area is 119 Å². The van der Waals surface area contributed by atoms with Crippen LogP contribution in [0, 0.1) is 0 Å². The van der Waals surface area contributed by atoms with E-state index in [-0.39, 0.29) is 5.41 Å². The van der Waals surface area contributed by atoms with Gasteiger partial charge in [-0.1, -0.05) is 26.8 Å². The van der Waals surface area contributed by atoms with Crippen LogP contribution < -0.4 is 5.32 Å². The molecule has 19 heavy (non-hydrogen) atoms. The Morgan fingerprint density at radius 1 is 1.21 bits per heavy atom. The van der Waals surface area contributed by atoms with Crippen LogP contribution >= 0.6 is 11.3 Å². The molecule has 1 N–H and O–H groups in total. The molecule has 3 heteroatoms. The molecule has 2 heterocycles. The van der Waals surface area contributed by atoms with Crippen LogP contribution in [0.25, 0.3) is 10.2 Å². The molecule has 1 aromatic heterocycles. The Balaban J connectivity index is 1.96. The van der Waals surface area contributed by atoms with Gasteiger partial charge in [0.05, 0.1) is 15.2 Å². The van der Waals surface area contributed by atoms with Crippen molar-refractivity contribution >= 4 is 21.6 Å². The zero-order valence-electron chi connectivity index (χ0n) is 12.0. The molecule has 0 aliphatic carbocycles. The van der Waals surface area contributed by atoms with E-state index in [1.54, 1.807) is 0 Å². The van der Waals surface area contributed by atoms with Gasteiger partial charge in [-0.3, -0.25) is 0 Å². The minimum Gasteiger partial charge on any atom is -0.317 e. The first-order chi connectivity index (χ1) is 9.04. The van der Waals surface area contributed by atoms with E-state index in [2.05, 4.69) is 44.3 Å². The molecule has 1 saturated heterocycles. The summed E-state index contributed by atoms with van der Waals surface area (Å²) in [5, 5.41) is 4.68. The van der Waals surface area contributed by atoms with Crippen molar-refractivity contribution in [3.63, 3.8) is 0 Å². The minimum absolute atomic E-state index is 0.151. The number of hydrogen-bond donors (Lipinski definition) is 1. The first kappa shape index (κ1) is 13.1.